The van der Waals surface area contributed by atoms with Gasteiger partial charge in [0, 0.05) is 12.8 Å². The van der Waals surface area contributed by atoms with E-state index in [1.807, 2.05) is 18.2 Å². The highest BCUT2D eigenvalue weighted by molar-refractivity contribution is 7.99. The maximum atomic E-state index is 12.3. The van der Waals surface area contributed by atoms with Gasteiger partial charge in [0.05, 0.1) is 12.3 Å². The highest BCUT2D eigenvalue weighted by Crippen LogP contribution is 2.24. The maximum Gasteiger partial charge on any atom is 0.303 e. The lowest BCUT2D eigenvalue weighted by atomic mass is 10.1. The number of amides is 1. The highest BCUT2D eigenvalue weighted by Gasteiger charge is 2.08. The SMILES string of the molecule is CCCCSCCCCCCCCCCCCC(=O)Nc1ccccc1OCCCC(=O)O. The van der Waals surface area contributed by atoms with Crippen molar-refractivity contribution in [1.82, 2.24) is 0 Å². The molecule has 1 aromatic rings. The van der Waals surface area contributed by atoms with Gasteiger partial charge in [0.1, 0.15) is 5.75 Å². The minimum absolute atomic E-state index is 0.00411. The summed E-state index contributed by atoms with van der Waals surface area (Å²) in [5.41, 5.74) is 0.650. The molecule has 0 aliphatic heterocycles. The molecular weight excluding hydrogens is 434 g/mol. The minimum atomic E-state index is -0.831. The van der Waals surface area contributed by atoms with E-state index in [0.717, 1.165) is 12.8 Å². The van der Waals surface area contributed by atoms with Crippen LogP contribution in [0.15, 0.2) is 24.3 Å². The highest BCUT2D eigenvalue weighted by atomic mass is 32.2. The lowest BCUT2D eigenvalue weighted by molar-refractivity contribution is -0.137. The summed E-state index contributed by atoms with van der Waals surface area (Å²) in [4.78, 5) is 22.9. The van der Waals surface area contributed by atoms with E-state index in [1.165, 1.54) is 75.7 Å². The summed E-state index contributed by atoms with van der Waals surface area (Å²) >= 11 is 2.11. The summed E-state index contributed by atoms with van der Waals surface area (Å²) in [7, 11) is 0. The van der Waals surface area contributed by atoms with Gasteiger partial charge >= 0.3 is 5.97 Å². The fraction of sp³-hybridized carbons (Fsp3) is 0.704. The Balaban J connectivity index is 1.99. The molecule has 0 saturated carbocycles. The number of anilines is 1. The summed E-state index contributed by atoms with van der Waals surface area (Å²) in [6, 6.07) is 7.31. The van der Waals surface area contributed by atoms with Crippen molar-refractivity contribution in [3.05, 3.63) is 24.3 Å². The monoisotopic (exact) mass is 479 g/mol. The molecule has 0 bridgehead atoms. The van der Waals surface area contributed by atoms with Gasteiger partial charge in [-0.15, -0.1) is 0 Å². The Morgan fingerprint density at radius 3 is 2.09 bits per heavy atom. The normalized spacial score (nSPS) is 10.8. The molecule has 0 unspecified atom stereocenters. The number of para-hydroxylation sites is 2. The molecule has 0 aliphatic rings. The predicted molar refractivity (Wildman–Crippen MR) is 140 cm³/mol. The van der Waals surface area contributed by atoms with Crippen LogP contribution in [0.5, 0.6) is 5.75 Å². The maximum absolute atomic E-state index is 12.3. The summed E-state index contributed by atoms with van der Waals surface area (Å²) in [5, 5.41) is 11.6. The summed E-state index contributed by atoms with van der Waals surface area (Å²) < 4.78 is 5.64. The van der Waals surface area contributed by atoms with Crippen molar-refractivity contribution in [2.75, 3.05) is 23.4 Å². The number of carboxylic acid groups (broad SMARTS) is 1. The Kier molecular flexibility index (Phi) is 18.6. The van der Waals surface area contributed by atoms with E-state index in [9.17, 15) is 9.59 Å². The lowest BCUT2D eigenvalue weighted by Gasteiger charge is -2.12. The Morgan fingerprint density at radius 2 is 1.42 bits per heavy atom. The average molecular weight is 480 g/mol. The summed E-state index contributed by atoms with van der Waals surface area (Å²) in [6.07, 6.45) is 16.3. The summed E-state index contributed by atoms with van der Waals surface area (Å²) in [5.74, 6) is 2.42. The first-order chi connectivity index (χ1) is 16.1. The lowest BCUT2D eigenvalue weighted by Crippen LogP contribution is -2.12. The molecule has 0 aliphatic carbocycles. The standard InChI is InChI=1S/C27H45NO4S/c1-2-3-22-33-23-15-11-9-7-5-4-6-8-10-12-19-26(29)28-24-17-13-14-18-25(24)32-21-16-20-27(30)31/h13-14,17-18H,2-12,15-16,19-23H2,1H3,(H,28,29)(H,30,31). The first-order valence-corrected chi connectivity index (χ1v) is 14.1. The number of hydrogen-bond donors (Lipinski definition) is 2. The van der Waals surface area contributed by atoms with Crippen LogP contribution in [0.2, 0.25) is 0 Å². The second-order valence-corrected chi connectivity index (χ2v) is 9.87. The van der Waals surface area contributed by atoms with Crippen LogP contribution in [-0.2, 0) is 9.59 Å². The number of carboxylic acids is 1. The van der Waals surface area contributed by atoms with Gasteiger partial charge in [-0.25, -0.2) is 0 Å². The van der Waals surface area contributed by atoms with Crippen molar-refractivity contribution >= 4 is 29.3 Å². The molecule has 0 saturated heterocycles. The van der Waals surface area contributed by atoms with Crippen LogP contribution < -0.4 is 10.1 Å². The molecule has 188 valence electrons. The van der Waals surface area contributed by atoms with E-state index < -0.39 is 5.97 Å². The quantitative estimate of drug-likeness (QED) is 0.167. The minimum Gasteiger partial charge on any atom is -0.491 e. The van der Waals surface area contributed by atoms with Crippen molar-refractivity contribution in [2.45, 2.75) is 103 Å². The number of carbonyl (C=O) groups is 2. The van der Waals surface area contributed by atoms with Crippen LogP contribution in [0.25, 0.3) is 0 Å². The summed E-state index contributed by atoms with van der Waals surface area (Å²) in [6.45, 7) is 2.57. The number of hydrogen-bond acceptors (Lipinski definition) is 4. The number of rotatable bonds is 22. The number of unbranched alkanes of at least 4 members (excludes halogenated alkanes) is 10. The van der Waals surface area contributed by atoms with Crippen molar-refractivity contribution in [2.24, 2.45) is 0 Å². The van der Waals surface area contributed by atoms with Gasteiger partial charge in [0.15, 0.2) is 0 Å². The zero-order valence-electron chi connectivity index (χ0n) is 20.6. The van der Waals surface area contributed by atoms with Crippen molar-refractivity contribution in [3.63, 3.8) is 0 Å². The van der Waals surface area contributed by atoms with Gasteiger partial charge in [-0.05, 0) is 49.3 Å². The molecule has 0 atom stereocenters. The number of nitrogens with one attached hydrogen (secondary N) is 1. The average Bonchev–Trinajstić information content (AvgIpc) is 2.80. The molecule has 0 heterocycles. The zero-order valence-corrected chi connectivity index (χ0v) is 21.4. The Morgan fingerprint density at radius 1 is 0.818 bits per heavy atom. The fourth-order valence-electron chi connectivity index (χ4n) is 3.57. The van der Waals surface area contributed by atoms with Gasteiger partial charge in [-0.1, -0.05) is 76.8 Å². The third-order valence-electron chi connectivity index (χ3n) is 5.54. The molecule has 1 amide bonds. The molecule has 1 rings (SSSR count). The van der Waals surface area contributed by atoms with Crippen LogP contribution in [0.3, 0.4) is 0 Å². The molecule has 1 aromatic carbocycles. The van der Waals surface area contributed by atoms with Gasteiger partial charge < -0.3 is 15.2 Å². The smallest absolute Gasteiger partial charge is 0.303 e. The number of benzene rings is 1. The topological polar surface area (TPSA) is 75.6 Å². The van der Waals surface area contributed by atoms with Crippen LogP contribution in [0.4, 0.5) is 5.69 Å². The Labute approximate surface area is 205 Å². The first-order valence-electron chi connectivity index (χ1n) is 12.9. The van der Waals surface area contributed by atoms with E-state index >= 15 is 0 Å². The van der Waals surface area contributed by atoms with Crippen LogP contribution in [0, 0.1) is 0 Å². The van der Waals surface area contributed by atoms with Crippen molar-refractivity contribution in [3.8, 4) is 5.75 Å². The molecule has 33 heavy (non-hydrogen) atoms. The van der Waals surface area contributed by atoms with E-state index in [4.69, 9.17) is 9.84 Å². The van der Waals surface area contributed by atoms with E-state index in [-0.39, 0.29) is 12.3 Å². The number of thioether (sulfide) groups is 1. The number of aliphatic carboxylic acids is 1. The predicted octanol–water partition coefficient (Wildman–Crippen LogP) is 7.69. The second-order valence-electron chi connectivity index (χ2n) is 8.64. The molecule has 5 nitrogen and oxygen atoms in total. The molecule has 0 aromatic heterocycles. The fourth-order valence-corrected chi connectivity index (χ4v) is 4.67. The van der Waals surface area contributed by atoms with Crippen molar-refractivity contribution < 1.29 is 19.4 Å². The third kappa shape index (κ3) is 17.5. The molecular formula is C27H45NO4S. The van der Waals surface area contributed by atoms with Gasteiger partial charge in [-0.2, -0.15) is 11.8 Å². The number of ether oxygens (including phenoxy) is 1. The zero-order chi connectivity index (χ0) is 24.0. The van der Waals surface area contributed by atoms with Gasteiger partial charge in [0.2, 0.25) is 5.91 Å². The van der Waals surface area contributed by atoms with Crippen LogP contribution in [0.1, 0.15) is 103 Å². The largest absolute Gasteiger partial charge is 0.491 e. The molecule has 0 radical (unpaired) electrons. The first kappa shape index (κ1) is 29.3. The van der Waals surface area contributed by atoms with Gasteiger partial charge in [-0.3, -0.25) is 9.59 Å². The van der Waals surface area contributed by atoms with Crippen LogP contribution >= 0.6 is 11.8 Å². The molecule has 6 heteroatoms. The Hall–Kier alpha value is -1.69. The molecule has 2 N–H and O–H groups in total. The second kappa shape index (κ2) is 20.9. The van der Waals surface area contributed by atoms with E-state index in [0.29, 0.717) is 30.9 Å². The number of carbonyl (C=O) groups excluding carboxylic acids is 1. The van der Waals surface area contributed by atoms with Crippen LogP contribution in [-0.4, -0.2) is 35.1 Å². The third-order valence-corrected chi connectivity index (χ3v) is 6.69. The van der Waals surface area contributed by atoms with Gasteiger partial charge in [0.25, 0.3) is 0 Å². The van der Waals surface area contributed by atoms with E-state index in [2.05, 4.69) is 24.0 Å². The van der Waals surface area contributed by atoms with Crippen molar-refractivity contribution in [1.29, 1.82) is 0 Å². The Bertz CT molecular complexity index is 638. The molecule has 0 fully saturated rings. The molecule has 0 spiro atoms. The van der Waals surface area contributed by atoms with E-state index in [1.54, 1.807) is 6.07 Å².